The van der Waals surface area contributed by atoms with Crippen LogP contribution in [-0.2, 0) is 16.0 Å². The van der Waals surface area contributed by atoms with Crippen molar-refractivity contribution < 1.29 is 9.53 Å². The second kappa shape index (κ2) is 7.99. The van der Waals surface area contributed by atoms with E-state index >= 15 is 0 Å². The molecule has 0 spiro atoms. The maximum Gasteiger partial charge on any atom is 0.333 e. The van der Waals surface area contributed by atoms with Crippen molar-refractivity contribution in [3.05, 3.63) is 41.0 Å². The number of esters is 1. The SMILES string of the molecule is COC(=O)/C(C)=C/c1ccc(CCC2CCNCC2)cc1. The van der Waals surface area contributed by atoms with Crippen LogP contribution in [0, 0.1) is 5.92 Å². The van der Waals surface area contributed by atoms with E-state index in [1.54, 1.807) is 6.92 Å². The summed E-state index contributed by atoms with van der Waals surface area (Å²) in [4.78, 5) is 11.4. The Morgan fingerprint density at radius 1 is 1.29 bits per heavy atom. The number of methoxy groups -OCH3 is 1. The standard InChI is InChI=1S/C18H25NO2/c1-14(18(20)21-2)13-17-7-5-15(6-8-17)3-4-16-9-11-19-12-10-16/h5-8,13,16,19H,3-4,9-12H2,1-2H3/b14-13+. The van der Waals surface area contributed by atoms with E-state index in [0.717, 1.165) is 17.9 Å². The zero-order chi connectivity index (χ0) is 15.1. The lowest BCUT2D eigenvalue weighted by Gasteiger charge is -2.22. The van der Waals surface area contributed by atoms with Crippen LogP contribution in [0.4, 0.5) is 0 Å². The molecule has 0 radical (unpaired) electrons. The molecule has 1 fully saturated rings. The molecule has 0 bridgehead atoms. The number of rotatable bonds is 5. The minimum Gasteiger partial charge on any atom is -0.466 e. The minimum atomic E-state index is -0.273. The van der Waals surface area contributed by atoms with Crippen LogP contribution in [0.1, 0.15) is 37.3 Å². The molecule has 1 saturated heterocycles. The molecule has 1 aliphatic heterocycles. The summed E-state index contributed by atoms with van der Waals surface area (Å²) in [5.74, 6) is 0.595. The molecule has 0 aliphatic carbocycles. The third kappa shape index (κ3) is 5.01. The molecule has 3 nitrogen and oxygen atoms in total. The van der Waals surface area contributed by atoms with Gasteiger partial charge < -0.3 is 10.1 Å². The first-order valence-corrected chi connectivity index (χ1v) is 7.75. The summed E-state index contributed by atoms with van der Waals surface area (Å²) in [6.45, 7) is 4.11. The Bertz CT molecular complexity index is 484. The number of hydrogen-bond donors (Lipinski definition) is 1. The van der Waals surface area contributed by atoms with Crippen molar-refractivity contribution in [3.63, 3.8) is 0 Å². The second-order valence-electron chi connectivity index (χ2n) is 5.79. The van der Waals surface area contributed by atoms with Gasteiger partial charge in [-0.05, 0) is 68.8 Å². The number of aryl methyl sites for hydroxylation is 1. The Morgan fingerprint density at radius 2 is 1.95 bits per heavy atom. The molecule has 0 atom stereocenters. The average Bonchev–Trinajstić information content (AvgIpc) is 2.54. The van der Waals surface area contributed by atoms with Crippen molar-refractivity contribution in [2.45, 2.75) is 32.6 Å². The van der Waals surface area contributed by atoms with E-state index in [1.807, 2.05) is 6.08 Å². The molecule has 21 heavy (non-hydrogen) atoms. The van der Waals surface area contributed by atoms with Crippen LogP contribution < -0.4 is 5.32 Å². The summed E-state index contributed by atoms with van der Waals surface area (Å²) in [6.07, 6.45) is 6.89. The third-order valence-corrected chi connectivity index (χ3v) is 4.17. The van der Waals surface area contributed by atoms with Gasteiger partial charge in [0.1, 0.15) is 0 Å². The number of ether oxygens (including phenoxy) is 1. The first-order chi connectivity index (χ1) is 10.2. The van der Waals surface area contributed by atoms with Crippen molar-refractivity contribution in [3.8, 4) is 0 Å². The monoisotopic (exact) mass is 287 g/mol. The number of carbonyl (C=O) groups is 1. The highest BCUT2D eigenvalue weighted by Crippen LogP contribution is 2.19. The number of nitrogens with one attached hydrogen (secondary N) is 1. The van der Waals surface area contributed by atoms with Crippen LogP contribution in [0.3, 0.4) is 0 Å². The molecule has 1 aliphatic rings. The van der Waals surface area contributed by atoms with Crippen LogP contribution in [0.5, 0.6) is 0 Å². The van der Waals surface area contributed by atoms with E-state index in [9.17, 15) is 4.79 Å². The van der Waals surface area contributed by atoms with Crippen molar-refractivity contribution in [2.24, 2.45) is 5.92 Å². The highest BCUT2D eigenvalue weighted by Gasteiger charge is 2.12. The lowest BCUT2D eigenvalue weighted by Crippen LogP contribution is -2.27. The number of hydrogen-bond acceptors (Lipinski definition) is 3. The highest BCUT2D eigenvalue weighted by molar-refractivity contribution is 5.92. The number of piperidine rings is 1. The van der Waals surface area contributed by atoms with Gasteiger partial charge in [-0.1, -0.05) is 24.3 Å². The van der Waals surface area contributed by atoms with Crippen LogP contribution >= 0.6 is 0 Å². The second-order valence-corrected chi connectivity index (χ2v) is 5.79. The summed E-state index contributed by atoms with van der Waals surface area (Å²) in [6, 6.07) is 8.48. The molecule has 1 heterocycles. The maximum atomic E-state index is 11.4. The van der Waals surface area contributed by atoms with Gasteiger partial charge in [-0.15, -0.1) is 0 Å². The Labute approximate surface area is 127 Å². The van der Waals surface area contributed by atoms with Crippen molar-refractivity contribution in [1.29, 1.82) is 0 Å². The molecule has 0 amide bonds. The Kier molecular flexibility index (Phi) is 6.00. The summed E-state index contributed by atoms with van der Waals surface area (Å²) >= 11 is 0. The summed E-state index contributed by atoms with van der Waals surface area (Å²) in [5, 5.41) is 3.41. The quantitative estimate of drug-likeness (QED) is 0.667. The Morgan fingerprint density at radius 3 is 2.57 bits per heavy atom. The van der Waals surface area contributed by atoms with Gasteiger partial charge in [0.05, 0.1) is 7.11 Å². The van der Waals surface area contributed by atoms with Gasteiger partial charge in [0, 0.05) is 5.57 Å². The van der Waals surface area contributed by atoms with E-state index in [2.05, 4.69) is 29.6 Å². The largest absolute Gasteiger partial charge is 0.466 e. The predicted octanol–water partition coefficient (Wildman–Crippen LogP) is 3.20. The molecule has 0 saturated carbocycles. The van der Waals surface area contributed by atoms with E-state index < -0.39 is 0 Å². The van der Waals surface area contributed by atoms with E-state index in [0.29, 0.717) is 5.57 Å². The van der Waals surface area contributed by atoms with Gasteiger partial charge in [-0.3, -0.25) is 0 Å². The van der Waals surface area contributed by atoms with Gasteiger partial charge in [0.15, 0.2) is 0 Å². The van der Waals surface area contributed by atoms with E-state index in [4.69, 9.17) is 4.74 Å². The smallest absolute Gasteiger partial charge is 0.333 e. The highest BCUT2D eigenvalue weighted by atomic mass is 16.5. The molecular formula is C18H25NO2. The fourth-order valence-electron chi connectivity index (χ4n) is 2.79. The zero-order valence-electron chi connectivity index (χ0n) is 13.0. The molecular weight excluding hydrogens is 262 g/mol. The van der Waals surface area contributed by atoms with Crippen molar-refractivity contribution in [1.82, 2.24) is 5.32 Å². The van der Waals surface area contributed by atoms with Crippen LogP contribution in [0.15, 0.2) is 29.8 Å². The van der Waals surface area contributed by atoms with Crippen molar-refractivity contribution >= 4 is 12.0 Å². The minimum absolute atomic E-state index is 0.273. The van der Waals surface area contributed by atoms with E-state index in [-0.39, 0.29) is 5.97 Å². The number of carbonyl (C=O) groups excluding carboxylic acids is 1. The summed E-state index contributed by atoms with van der Waals surface area (Å²) in [7, 11) is 1.41. The Hall–Kier alpha value is -1.61. The molecule has 2 rings (SSSR count). The molecule has 1 N–H and O–H groups in total. The maximum absolute atomic E-state index is 11.4. The summed E-state index contributed by atoms with van der Waals surface area (Å²) < 4.78 is 4.70. The molecule has 0 aromatic heterocycles. The average molecular weight is 287 g/mol. The zero-order valence-corrected chi connectivity index (χ0v) is 13.0. The fourth-order valence-corrected chi connectivity index (χ4v) is 2.79. The fraction of sp³-hybridized carbons (Fsp3) is 0.500. The van der Waals surface area contributed by atoms with Gasteiger partial charge in [0.25, 0.3) is 0 Å². The molecule has 1 aromatic rings. The lowest BCUT2D eigenvalue weighted by molar-refractivity contribution is -0.135. The molecule has 114 valence electrons. The third-order valence-electron chi connectivity index (χ3n) is 4.17. The van der Waals surface area contributed by atoms with Gasteiger partial charge in [0.2, 0.25) is 0 Å². The topological polar surface area (TPSA) is 38.3 Å². The van der Waals surface area contributed by atoms with Crippen LogP contribution in [0.25, 0.3) is 6.08 Å². The van der Waals surface area contributed by atoms with Crippen LogP contribution in [0.2, 0.25) is 0 Å². The van der Waals surface area contributed by atoms with Gasteiger partial charge >= 0.3 is 5.97 Å². The molecule has 1 aromatic carbocycles. The molecule has 3 heteroatoms. The van der Waals surface area contributed by atoms with Crippen LogP contribution in [-0.4, -0.2) is 26.2 Å². The van der Waals surface area contributed by atoms with Gasteiger partial charge in [-0.25, -0.2) is 4.79 Å². The predicted molar refractivity (Wildman–Crippen MR) is 86.0 cm³/mol. The first-order valence-electron chi connectivity index (χ1n) is 7.75. The Balaban J connectivity index is 1.88. The normalized spacial score (nSPS) is 16.8. The number of benzene rings is 1. The lowest BCUT2D eigenvalue weighted by atomic mass is 9.91. The molecule has 0 unspecified atom stereocenters. The first kappa shape index (κ1) is 15.8. The van der Waals surface area contributed by atoms with E-state index in [1.165, 1.54) is 45.0 Å². The van der Waals surface area contributed by atoms with Gasteiger partial charge in [-0.2, -0.15) is 0 Å². The summed E-state index contributed by atoms with van der Waals surface area (Å²) in [5.41, 5.74) is 3.05. The van der Waals surface area contributed by atoms with Crippen molar-refractivity contribution in [2.75, 3.05) is 20.2 Å².